The Morgan fingerprint density at radius 2 is 1.48 bits per heavy atom. The highest BCUT2D eigenvalue weighted by atomic mass is 32.2. The molecule has 0 fully saturated rings. The summed E-state index contributed by atoms with van der Waals surface area (Å²) in [6.07, 6.45) is 1.65. The van der Waals surface area contributed by atoms with Crippen LogP contribution in [0.25, 0.3) is 0 Å². The Hall–Kier alpha value is -3.19. The SMILES string of the molecule is Cc1ccc(NS(=O)(=O)c2ccc(C(=O)Nc3ccc(C)cn3)cc2)cc1. The van der Waals surface area contributed by atoms with Gasteiger partial charge in [-0.15, -0.1) is 0 Å². The second-order valence-electron chi connectivity index (χ2n) is 6.17. The summed E-state index contributed by atoms with van der Waals surface area (Å²) < 4.78 is 27.5. The highest BCUT2D eigenvalue weighted by Gasteiger charge is 2.15. The Kier molecular flexibility index (Phi) is 5.23. The lowest BCUT2D eigenvalue weighted by Gasteiger charge is -2.09. The zero-order valence-corrected chi connectivity index (χ0v) is 15.7. The van der Waals surface area contributed by atoms with E-state index in [2.05, 4.69) is 15.0 Å². The summed E-state index contributed by atoms with van der Waals surface area (Å²) in [7, 11) is -3.73. The smallest absolute Gasteiger partial charge is 0.261 e. The molecule has 3 aromatic rings. The summed E-state index contributed by atoms with van der Waals surface area (Å²) in [5.74, 6) is 0.0742. The van der Waals surface area contributed by atoms with E-state index in [1.54, 1.807) is 24.4 Å². The fourth-order valence-electron chi connectivity index (χ4n) is 2.35. The molecule has 6 nitrogen and oxygen atoms in total. The highest BCUT2D eigenvalue weighted by molar-refractivity contribution is 7.92. The number of hydrogen-bond acceptors (Lipinski definition) is 4. The summed E-state index contributed by atoms with van der Waals surface area (Å²) in [6, 6.07) is 16.3. The lowest BCUT2D eigenvalue weighted by atomic mass is 10.2. The predicted octanol–water partition coefficient (Wildman–Crippen LogP) is 3.75. The number of pyridine rings is 1. The van der Waals surface area contributed by atoms with Crippen LogP contribution in [0.1, 0.15) is 21.5 Å². The van der Waals surface area contributed by atoms with Crippen molar-refractivity contribution in [2.75, 3.05) is 10.0 Å². The number of anilines is 2. The van der Waals surface area contributed by atoms with Gasteiger partial charge in [0.15, 0.2) is 0 Å². The number of rotatable bonds is 5. The molecule has 0 spiro atoms. The van der Waals surface area contributed by atoms with Crippen LogP contribution < -0.4 is 10.0 Å². The van der Waals surface area contributed by atoms with Crippen LogP contribution in [0.4, 0.5) is 11.5 Å². The first kappa shape index (κ1) is 18.6. The molecule has 0 aliphatic rings. The lowest BCUT2D eigenvalue weighted by Crippen LogP contribution is -2.15. The molecule has 138 valence electrons. The third-order valence-corrected chi connectivity index (χ3v) is 5.28. The third-order valence-electron chi connectivity index (χ3n) is 3.88. The van der Waals surface area contributed by atoms with Gasteiger partial charge in [-0.3, -0.25) is 9.52 Å². The molecular formula is C20H19N3O3S. The normalized spacial score (nSPS) is 11.0. The quantitative estimate of drug-likeness (QED) is 0.704. The van der Waals surface area contributed by atoms with Crippen LogP contribution in [0.2, 0.25) is 0 Å². The number of carbonyl (C=O) groups is 1. The molecule has 0 saturated heterocycles. The van der Waals surface area contributed by atoms with Gasteiger partial charge in [-0.25, -0.2) is 13.4 Å². The fraction of sp³-hybridized carbons (Fsp3) is 0.100. The van der Waals surface area contributed by atoms with E-state index in [1.165, 1.54) is 24.3 Å². The van der Waals surface area contributed by atoms with Crippen molar-refractivity contribution in [2.45, 2.75) is 18.7 Å². The zero-order chi connectivity index (χ0) is 19.4. The zero-order valence-electron chi connectivity index (χ0n) is 14.9. The van der Waals surface area contributed by atoms with Crippen LogP contribution >= 0.6 is 0 Å². The molecule has 3 rings (SSSR count). The van der Waals surface area contributed by atoms with Gasteiger partial charge in [-0.05, 0) is 61.9 Å². The van der Waals surface area contributed by atoms with Crippen molar-refractivity contribution >= 4 is 27.4 Å². The van der Waals surface area contributed by atoms with E-state index in [0.29, 0.717) is 17.1 Å². The second-order valence-corrected chi connectivity index (χ2v) is 7.85. The standard InChI is InChI=1S/C20H19N3O3S/c1-14-3-8-17(9-4-14)23-27(25,26)18-10-6-16(7-11-18)20(24)22-19-12-5-15(2)13-21-19/h3-13,23H,1-2H3,(H,21,22,24). The maximum Gasteiger partial charge on any atom is 0.261 e. The molecule has 0 unspecified atom stereocenters. The Morgan fingerprint density at radius 3 is 2.07 bits per heavy atom. The topological polar surface area (TPSA) is 88.2 Å². The molecule has 1 aromatic heterocycles. The number of hydrogen-bond donors (Lipinski definition) is 2. The van der Waals surface area contributed by atoms with E-state index in [4.69, 9.17) is 0 Å². The van der Waals surface area contributed by atoms with Gasteiger partial charge in [0, 0.05) is 17.4 Å². The van der Waals surface area contributed by atoms with Gasteiger partial charge in [0.05, 0.1) is 4.90 Å². The summed E-state index contributed by atoms with van der Waals surface area (Å²) in [4.78, 5) is 16.5. The average molecular weight is 381 g/mol. The Morgan fingerprint density at radius 1 is 0.852 bits per heavy atom. The van der Waals surface area contributed by atoms with Crippen molar-refractivity contribution in [3.8, 4) is 0 Å². The first-order valence-electron chi connectivity index (χ1n) is 8.27. The molecular weight excluding hydrogens is 362 g/mol. The van der Waals surface area contributed by atoms with E-state index in [0.717, 1.165) is 11.1 Å². The van der Waals surface area contributed by atoms with Crippen LogP contribution in [0.5, 0.6) is 0 Å². The lowest BCUT2D eigenvalue weighted by molar-refractivity contribution is 0.102. The van der Waals surface area contributed by atoms with Gasteiger partial charge >= 0.3 is 0 Å². The summed E-state index contributed by atoms with van der Waals surface area (Å²) in [5, 5.41) is 2.67. The van der Waals surface area contributed by atoms with Crippen LogP contribution in [0, 0.1) is 13.8 Å². The minimum atomic E-state index is -3.73. The first-order chi connectivity index (χ1) is 12.8. The molecule has 0 aliphatic carbocycles. The molecule has 7 heteroatoms. The summed E-state index contributed by atoms with van der Waals surface area (Å²) in [5.41, 5.74) is 2.85. The third kappa shape index (κ3) is 4.71. The Labute approximate surface area is 158 Å². The van der Waals surface area contributed by atoms with Crippen molar-refractivity contribution in [2.24, 2.45) is 0 Å². The van der Waals surface area contributed by atoms with Crippen LogP contribution in [0.3, 0.4) is 0 Å². The van der Waals surface area contributed by atoms with Crippen molar-refractivity contribution < 1.29 is 13.2 Å². The maximum absolute atomic E-state index is 12.5. The number of aryl methyl sites for hydroxylation is 2. The number of nitrogens with zero attached hydrogens (tertiary/aromatic N) is 1. The van der Waals surface area contributed by atoms with Gasteiger partial charge in [0.2, 0.25) is 0 Å². The summed E-state index contributed by atoms with van der Waals surface area (Å²) >= 11 is 0. The monoisotopic (exact) mass is 381 g/mol. The van der Waals surface area contributed by atoms with Gasteiger partial charge < -0.3 is 5.32 Å². The van der Waals surface area contributed by atoms with E-state index < -0.39 is 10.0 Å². The van der Waals surface area contributed by atoms with Crippen LogP contribution in [-0.4, -0.2) is 19.3 Å². The molecule has 0 aliphatic heterocycles. The van der Waals surface area contributed by atoms with Crippen LogP contribution in [0.15, 0.2) is 71.8 Å². The fourth-order valence-corrected chi connectivity index (χ4v) is 3.41. The minimum Gasteiger partial charge on any atom is -0.307 e. The molecule has 27 heavy (non-hydrogen) atoms. The molecule has 1 heterocycles. The minimum absolute atomic E-state index is 0.0769. The van der Waals surface area contributed by atoms with E-state index in [9.17, 15) is 13.2 Å². The molecule has 0 bridgehead atoms. The Balaban J connectivity index is 1.72. The number of benzene rings is 2. The van der Waals surface area contributed by atoms with Crippen molar-refractivity contribution in [1.82, 2.24) is 4.98 Å². The van der Waals surface area contributed by atoms with E-state index in [-0.39, 0.29) is 10.8 Å². The van der Waals surface area contributed by atoms with Gasteiger partial charge in [-0.1, -0.05) is 23.8 Å². The van der Waals surface area contributed by atoms with Gasteiger partial charge in [0.25, 0.3) is 15.9 Å². The Bertz CT molecular complexity index is 1040. The number of aromatic nitrogens is 1. The molecule has 0 atom stereocenters. The second kappa shape index (κ2) is 7.59. The number of sulfonamides is 1. The van der Waals surface area contributed by atoms with E-state index in [1.807, 2.05) is 32.0 Å². The van der Waals surface area contributed by atoms with E-state index >= 15 is 0 Å². The molecule has 2 aromatic carbocycles. The number of nitrogens with one attached hydrogen (secondary N) is 2. The van der Waals surface area contributed by atoms with Gasteiger partial charge in [-0.2, -0.15) is 0 Å². The number of amides is 1. The molecule has 1 amide bonds. The largest absolute Gasteiger partial charge is 0.307 e. The average Bonchev–Trinajstić information content (AvgIpc) is 2.65. The molecule has 0 radical (unpaired) electrons. The summed E-state index contributed by atoms with van der Waals surface area (Å²) in [6.45, 7) is 3.83. The molecule has 0 saturated carbocycles. The highest BCUT2D eigenvalue weighted by Crippen LogP contribution is 2.17. The van der Waals surface area contributed by atoms with Crippen molar-refractivity contribution in [3.05, 3.63) is 83.6 Å². The van der Waals surface area contributed by atoms with Crippen molar-refractivity contribution in [1.29, 1.82) is 0 Å². The first-order valence-corrected chi connectivity index (χ1v) is 9.75. The van der Waals surface area contributed by atoms with Crippen LogP contribution in [-0.2, 0) is 10.0 Å². The predicted molar refractivity (Wildman–Crippen MR) is 105 cm³/mol. The maximum atomic E-state index is 12.5. The number of carbonyl (C=O) groups excluding carboxylic acids is 1. The van der Waals surface area contributed by atoms with Gasteiger partial charge in [0.1, 0.15) is 5.82 Å². The molecule has 2 N–H and O–H groups in total. The van der Waals surface area contributed by atoms with Crippen molar-refractivity contribution in [3.63, 3.8) is 0 Å².